The lowest BCUT2D eigenvalue weighted by Crippen LogP contribution is -2.31. The summed E-state index contributed by atoms with van der Waals surface area (Å²) < 4.78 is 0. The summed E-state index contributed by atoms with van der Waals surface area (Å²) >= 11 is 0. The van der Waals surface area contributed by atoms with Gasteiger partial charge in [0.1, 0.15) is 0 Å². The van der Waals surface area contributed by atoms with Crippen molar-refractivity contribution in [3.05, 3.63) is 35.9 Å². The largest absolute Gasteiger partial charge is 0.298 e. The Labute approximate surface area is 103 Å². The predicted octanol–water partition coefficient (Wildman–Crippen LogP) is 2.96. The molecule has 1 saturated carbocycles. The van der Waals surface area contributed by atoms with Crippen LogP contribution in [0.25, 0.3) is 0 Å². The molecule has 1 aromatic carbocycles. The van der Waals surface area contributed by atoms with E-state index in [4.69, 9.17) is 4.84 Å². The molecule has 4 rings (SSSR count). The van der Waals surface area contributed by atoms with Crippen molar-refractivity contribution in [1.29, 1.82) is 0 Å². The van der Waals surface area contributed by atoms with Crippen LogP contribution in [0.1, 0.15) is 37.7 Å². The first-order chi connectivity index (χ1) is 8.31. The molecule has 2 nitrogen and oxygen atoms in total. The zero-order valence-electron chi connectivity index (χ0n) is 10.3. The van der Waals surface area contributed by atoms with E-state index in [2.05, 4.69) is 42.3 Å². The Morgan fingerprint density at radius 3 is 2.88 bits per heavy atom. The van der Waals surface area contributed by atoms with Gasteiger partial charge in [0.25, 0.3) is 0 Å². The molecule has 17 heavy (non-hydrogen) atoms. The van der Waals surface area contributed by atoms with Crippen molar-refractivity contribution in [3.8, 4) is 0 Å². The number of rotatable bonds is 1. The molecule has 0 bridgehead atoms. The Morgan fingerprint density at radius 2 is 2.06 bits per heavy atom. The Kier molecular flexibility index (Phi) is 1.98. The molecule has 1 aliphatic carbocycles. The third-order valence-corrected chi connectivity index (χ3v) is 5.07. The van der Waals surface area contributed by atoms with Gasteiger partial charge in [0, 0.05) is 17.5 Å². The van der Waals surface area contributed by atoms with Crippen LogP contribution in [0.2, 0.25) is 0 Å². The molecule has 2 heterocycles. The maximum absolute atomic E-state index is 5.95. The molecule has 2 heteroatoms. The first-order valence-electron chi connectivity index (χ1n) is 6.77. The topological polar surface area (TPSA) is 12.5 Å². The van der Waals surface area contributed by atoms with E-state index < -0.39 is 0 Å². The van der Waals surface area contributed by atoms with E-state index in [0.717, 1.165) is 12.5 Å². The first-order valence-corrected chi connectivity index (χ1v) is 6.77. The fraction of sp³-hybridized carbons (Fsp3) is 0.600. The van der Waals surface area contributed by atoms with Crippen LogP contribution in [0.3, 0.4) is 0 Å². The predicted molar refractivity (Wildman–Crippen MR) is 66.5 cm³/mol. The van der Waals surface area contributed by atoms with Crippen molar-refractivity contribution in [2.45, 2.75) is 44.2 Å². The smallest absolute Gasteiger partial charge is 0.0763 e. The van der Waals surface area contributed by atoms with Gasteiger partial charge in [0.05, 0.1) is 6.61 Å². The molecule has 1 spiro atoms. The van der Waals surface area contributed by atoms with Crippen LogP contribution in [0.5, 0.6) is 0 Å². The molecule has 0 amide bonds. The van der Waals surface area contributed by atoms with Crippen molar-refractivity contribution in [3.63, 3.8) is 0 Å². The van der Waals surface area contributed by atoms with Crippen molar-refractivity contribution in [1.82, 2.24) is 5.06 Å². The fourth-order valence-electron chi connectivity index (χ4n) is 3.99. The molecule has 0 radical (unpaired) electrons. The highest BCUT2D eigenvalue weighted by atomic mass is 16.7. The normalized spacial score (nSPS) is 44.2. The number of benzene rings is 1. The average Bonchev–Trinajstić information content (AvgIpc) is 2.80. The van der Waals surface area contributed by atoms with Crippen molar-refractivity contribution in [2.24, 2.45) is 5.41 Å². The van der Waals surface area contributed by atoms with Crippen LogP contribution < -0.4 is 0 Å². The van der Waals surface area contributed by atoms with E-state index in [1.165, 1.54) is 24.8 Å². The minimum absolute atomic E-state index is 0.451. The second-order valence-electron chi connectivity index (χ2n) is 5.98. The lowest BCUT2D eigenvalue weighted by molar-refractivity contribution is -0.138. The van der Waals surface area contributed by atoms with Gasteiger partial charge in [-0.05, 0) is 37.7 Å². The zero-order chi connectivity index (χ0) is 11.5. The molecule has 90 valence electrons. The molecule has 3 aliphatic rings. The summed E-state index contributed by atoms with van der Waals surface area (Å²) in [6, 6.07) is 12.3. The van der Waals surface area contributed by atoms with Crippen molar-refractivity contribution in [2.75, 3.05) is 6.61 Å². The highest BCUT2D eigenvalue weighted by Gasteiger charge is 2.66. The number of nitrogens with zero attached hydrogens (tertiary/aromatic N) is 1. The van der Waals surface area contributed by atoms with Gasteiger partial charge >= 0.3 is 0 Å². The van der Waals surface area contributed by atoms with Gasteiger partial charge in [-0.3, -0.25) is 4.84 Å². The van der Waals surface area contributed by atoms with Gasteiger partial charge in [0.15, 0.2) is 0 Å². The summed E-state index contributed by atoms with van der Waals surface area (Å²) in [7, 11) is 0. The van der Waals surface area contributed by atoms with Crippen LogP contribution in [-0.2, 0) is 4.84 Å². The molecule has 4 atom stereocenters. The van der Waals surface area contributed by atoms with Crippen LogP contribution in [0.15, 0.2) is 30.3 Å². The number of fused-ring (bicyclic) bond motifs is 2. The highest BCUT2D eigenvalue weighted by Crippen LogP contribution is 2.67. The second-order valence-corrected chi connectivity index (χ2v) is 5.98. The van der Waals surface area contributed by atoms with E-state index in [-0.39, 0.29) is 0 Å². The highest BCUT2D eigenvalue weighted by molar-refractivity contribution is 5.33. The maximum atomic E-state index is 5.95. The molecule has 2 aliphatic heterocycles. The maximum Gasteiger partial charge on any atom is 0.0763 e. The molecule has 0 unspecified atom stereocenters. The van der Waals surface area contributed by atoms with Gasteiger partial charge < -0.3 is 0 Å². The lowest BCUT2D eigenvalue weighted by atomic mass is 9.91. The monoisotopic (exact) mass is 229 g/mol. The quantitative estimate of drug-likeness (QED) is 0.734. The number of hydrogen-bond acceptors (Lipinski definition) is 2. The molecule has 0 N–H and O–H groups in total. The van der Waals surface area contributed by atoms with E-state index in [0.29, 0.717) is 17.5 Å². The molecular weight excluding hydrogens is 210 g/mol. The summed E-state index contributed by atoms with van der Waals surface area (Å²) in [6.07, 6.45) is 3.95. The summed E-state index contributed by atoms with van der Waals surface area (Å²) in [6.45, 7) is 3.24. The Hall–Kier alpha value is -0.860. The summed E-state index contributed by atoms with van der Waals surface area (Å²) in [4.78, 5) is 5.95. The molecule has 0 aromatic heterocycles. The van der Waals surface area contributed by atoms with Crippen molar-refractivity contribution >= 4 is 0 Å². The lowest BCUT2D eigenvalue weighted by Gasteiger charge is -2.20. The van der Waals surface area contributed by atoms with Gasteiger partial charge in [-0.15, -0.1) is 0 Å². The Balaban J connectivity index is 1.62. The van der Waals surface area contributed by atoms with E-state index in [9.17, 15) is 0 Å². The van der Waals surface area contributed by atoms with E-state index >= 15 is 0 Å². The van der Waals surface area contributed by atoms with E-state index in [1.807, 2.05) is 0 Å². The first kappa shape index (κ1) is 10.1. The molecule has 1 aromatic rings. The Morgan fingerprint density at radius 1 is 1.24 bits per heavy atom. The Bertz CT molecular complexity index is 432. The van der Waals surface area contributed by atoms with Gasteiger partial charge in [-0.1, -0.05) is 30.3 Å². The summed E-state index contributed by atoms with van der Waals surface area (Å²) in [5, 5.41) is 2.29. The summed E-state index contributed by atoms with van der Waals surface area (Å²) in [5.41, 5.74) is 1.96. The molecule has 2 saturated heterocycles. The summed E-state index contributed by atoms with van der Waals surface area (Å²) in [5.74, 6) is 0.740. The number of hydrogen-bond donors (Lipinski definition) is 0. The van der Waals surface area contributed by atoms with Gasteiger partial charge in [0.2, 0.25) is 0 Å². The third kappa shape index (κ3) is 1.28. The SMILES string of the molecule is C[C@@H]1CC[C@@H]2N1OC[C@@]21C[C@@H]1c1ccccc1. The minimum atomic E-state index is 0.451. The molecule has 3 fully saturated rings. The van der Waals surface area contributed by atoms with Crippen LogP contribution in [0, 0.1) is 5.41 Å². The minimum Gasteiger partial charge on any atom is -0.298 e. The van der Waals surface area contributed by atoms with Gasteiger partial charge in [-0.25, -0.2) is 0 Å². The van der Waals surface area contributed by atoms with Crippen LogP contribution in [0.4, 0.5) is 0 Å². The fourth-order valence-corrected chi connectivity index (χ4v) is 3.99. The van der Waals surface area contributed by atoms with Crippen molar-refractivity contribution < 1.29 is 4.84 Å². The number of hydroxylamine groups is 2. The molecular formula is C15H19NO. The van der Waals surface area contributed by atoms with Crippen LogP contribution in [-0.4, -0.2) is 23.8 Å². The van der Waals surface area contributed by atoms with Gasteiger partial charge in [-0.2, -0.15) is 5.06 Å². The standard InChI is InChI=1S/C15H19NO/c1-11-7-8-14-15(10-17-16(11)14)9-13(15)12-5-3-2-4-6-12/h2-6,11,13-14H,7-10H2,1H3/t11-,13-,14+,15-/m1/s1. The second kappa shape index (κ2) is 3.33. The zero-order valence-corrected chi connectivity index (χ0v) is 10.3. The van der Waals surface area contributed by atoms with E-state index in [1.54, 1.807) is 0 Å². The van der Waals surface area contributed by atoms with Crippen LogP contribution >= 0.6 is 0 Å². The average molecular weight is 229 g/mol. The third-order valence-electron chi connectivity index (χ3n) is 5.07.